The summed E-state index contributed by atoms with van der Waals surface area (Å²) in [6.45, 7) is 0. The minimum absolute atomic E-state index is 0.0946. The van der Waals surface area contributed by atoms with Crippen LogP contribution in [-0.4, -0.2) is 14.6 Å². The molecule has 0 saturated heterocycles. The van der Waals surface area contributed by atoms with E-state index >= 15 is 0 Å². The summed E-state index contributed by atoms with van der Waals surface area (Å²) in [7, 11) is 0. The van der Waals surface area contributed by atoms with E-state index in [9.17, 15) is 14.0 Å². The largest absolute Gasteiger partial charge is 0.296 e. The molecule has 140 valence electrons. The van der Waals surface area contributed by atoms with Crippen LogP contribution in [0.1, 0.15) is 16.8 Å². The molecule has 0 unspecified atom stereocenters. The number of hydrogen-bond donors (Lipinski definition) is 0. The van der Waals surface area contributed by atoms with Crippen LogP contribution in [0.3, 0.4) is 0 Å². The van der Waals surface area contributed by atoms with E-state index in [2.05, 4.69) is 10.1 Å². The number of thiazole rings is 1. The summed E-state index contributed by atoms with van der Waals surface area (Å²) in [5.41, 5.74) is 0.0153. The second-order valence-corrected chi connectivity index (χ2v) is 7.77. The first kappa shape index (κ1) is 18.7. The average Bonchev–Trinajstić information content (AvgIpc) is 2.95. The smallest absolute Gasteiger partial charge is 0.266 e. The van der Waals surface area contributed by atoms with Crippen LogP contribution in [0.15, 0.2) is 52.1 Å². The summed E-state index contributed by atoms with van der Waals surface area (Å²) >= 11 is 12.8. The molecule has 2 heterocycles. The van der Waals surface area contributed by atoms with Gasteiger partial charge in [0.15, 0.2) is 0 Å². The molecular formula is C19H10Cl2FN3O2S. The van der Waals surface area contributed by atoms with E-state index in [0.717, 1.165) is 21.4 Å². The van der Waals surface area contributed by atoms with Gasteiger partial charge in [0.25, 0.3) is 11.1 Å². The summed E-state index contributed by atoms with van der Waals surface area (Å²) in [6, 6.07) is 11.2. The van der Waals surface area contributed by atoms with Crippen molar-refractivity contribution in [2.24, 2.45) is 0 Å². The predicted molar refractivity (Wildman–Crippen MR) is 108 cm³/mol. The van der Waals surface area contributed by atoms with Crippen molar-refractivity contribution >= 4 is 45.6 Å². The molecule has 2 aromatic carbocycles. The van der Waals surface area contributed by atoms with Crippen LogP contribution in [0.4, 0.5) is 4.39 Å². The maximum absolute atomic E-state index is 14.0. The van der Waals surface area contributed by atoms with Crippen molar-refractivity contribution in [2.75, 3.05) is 0 Å². The minimum Gasteiger partial charge on any atom is -0.266 e. The summed E-state index contributed by atoms with van der Waals surface area (Å²) in [6.07, 6.45) is 1.55. The zero-order valence-corrected chi connectivity index (χ0v) is 16.4. The summed E-state index contributed by atoms with van der Waals surface area (Å²) in [4.78, 5) is 29.0. The number of aromatic nitrogens is 3. The highest BCUT2D eigenvalue weighted by atomic mass is 35.5. The SMILES string of the molecule is O=c1nc2s/c(=C\c3c(F)cccc3Cl)c(=O)n2nc1Cc1ccc(Cl)cc1. The fourth-order valence-corrected chi connectivity index (χ4v) is 3.86. The number of hydrogen-bond acceptors (Lipinski definition) is 5. The Morgan fingerprint density at radius 3 is 2.57 bits per heavy atom. The minimum atomic E-state index is -0.553. The fraction of sp³-hybridized carbons (Fsp3) is 0.0526. The third kappa shape index (κ3) is 3.56. The maximum Gasteiger partial charge on any atom is 0.296 e. The molecule has 0 spiro atoms. The van der Waals surface area contributed by atoms with Gasteiger partial charge < -0.3 is 0 Å². The van der Waals surface area contributed by atoms with Crippen molar-refractivity contribution in [3.63, 3.8) is 0 Å². The third-order valence-corrected chi connectivity index (χ3v) is 5.55. The van der Waals surface area contributed by atoms with Crippen LogP contribution in [0.5, 0.6) is 0 Å². The van der Waals surface area contributed by atoms with Crippen LogP contribution in [0, 0.1) is 5.82 Å². The van der Waals surface area contributed by atoms with Gasteiger partial charge in [-0.3, -0.25) is 9.59 Å². The Morgan fingerprint density at radius 2 is 1.86 bits per heavy atom. The molecule has 0 N–H and O–H groups in total. The van der Waals surface area contributed by atoms with Crippen molar-refractivity contribution in [1.82, 2.24) is 14.6 Å². The number of benzene rings is 2. The molecule has 0 radical (unpaired) electrons. The van der Waals surface area contributed by atoms with Crippen LogP contribution >= 0.6 is 34.5 Å². The van der Waals surface area contributed by atoms with E-state index < -0.39 is 16.9 Å². The van der Waals surface area contributed by atoms with Gasteiger partial charge in [0.1, 0.15) is 11.5 Å². The van der Waals surface area contributed by atoms with E-state index in [4.69, 9.17) is 23.2 Å². The Labute approximate surface area is 171 Å². The topological polar surface area (TPSA) is 64.3 Å². The predicted octanol–water partition coefficient (Wildman–Crippen LogP) is 3.10. The first-order chi connectivity index (χ1) is 13.4. The lowest BCUT2D eigenvalue weighted by molar-refractivity contribution is 0.625. The molecule has 0 aliphatic carbocycles. The summed E-state index contributed by atoms with van der Waals surface area (Å²) in [5, 5.41) is 4.91. The normalized spacial score (nSPS) is 12.0. The zero-order valence-electron chi connectivity index (χ0n) is 14.0. The van der Waals surface area contributed by atoms with Crippen LogP contribution in [-0.2, 0) is 6.42 Å². The summed E-state index contributed by atoms with van der Waals surface area (Å²) in [5.74, 6) is -0.553. The van der Waals surface area contributed by atoms with E-state index in [-0.39, 0.29) is 32.2 Å². The van der Waals surface area contributed by atoms with Gasteiger partial charge in [0, 0.05) is 17.0 Å². The number of nitrogens with zero attached hydrogens (tertiary/aromatic N) is 3. The van der Waals surface area contributed by atoms with Crippen molar-refractivity contribution in [1.29, 1.82) is 0 Å². The van der Waals surface area contributed by atoms with Gasteiger partial charge in [-0.2, -0.15) is 14.6 Å². The number of halogens is 3. The van der Waals surface area contributed by atoms with Crippen molar-refractivity contribution in [3.8, 4) is 0 Å². The van der Waals surface area contributed by atoms with E-state index in [1.807, 2.05) is 0 Å². The zero-order chi connectivity index (χ0) is 19.8. The molecule has 0 bridgehead atoms. The lowest BCUT2D eigenvalue weighted by atomic mass is 10.1. The van der Waals surface area contributed by atoms with Gasteiger partial charge in [0.05, 0.1) is 9.55 Å². The fourth-order valence-electron chi connectivity index (χ4n) is 2.63. The highest BCUT2D eigenvalue weighted by Crippen LogP contribution is 2.19. The lowest BCUT2D eigenvalue weighted by Gasteiger charge is -2.00. The molecule has 2 aromatic heterocycles. The third-order valence-electron chi connectivity index (χ3n) is 4.01. The van der Waals surface area contributed by atoms with Crippen molar-refractivity contribution in [3.05, 3.63) is 100 Å². The monoisotopic (exact) mass is 433 g/mol. The molecule has 0 saturated carbocycles. The standard InChI is InChI=1S/C19H10Cl2FN3O2S/c20-11-6-4-10(5-7-11)8-15-17(26)23-19-25(24-15)18(27)16(28-19)9-12-13(21)2-1-3-14(12)22/h1-7,9H,8H2/b16-9-. The van der Waals surface area contributed by atoms with Gasteiger partial charge >= 0.3 is 0 Å². The van der Waals surface area contributed by atoms with Gasteiger partial charge in [-0.15, -0.1) is 0 Å². The highest BCUT2D eigenvalue weighted by Gasteiger charge is 2.13. The van der Waals surface area contributed by atoms with Crippen molar-refractivity contribution < 1.29 is 4.39 Å². The highest BCUT2D eigenvalue weighted by molar-refractivity contribution is 7.15. The molecule has 4 rings (SSSR count). The van der Waals surface area contributed by atoms with Crippen LogP contribution in [0.2, 0.25) is 10.0 Å². The maximum atomic E-state index is 14.0. The second kappa shape index (κ2) is 7.43. The quantitative estimate of drug-likeness (QED) is 0.497. The average molecular weight is 434 g/mol. The Balaban J connectivity index is 1.84. The van der Waals surface area contributed by atoms with E-state index in [1.165, 1.54) is 24.3 Å². The molecule has 4 aromatic rings. The van der Waals surface area contributed by atoms with Gasteiger partial charge in [-0.05, 0) is 35.9 Å². The molecule has 28 heavy (non-hydrogen) atoms. The first-order valence-electron chi connectivity index (χ1n) is 8.05. The molecule has 5 nitrogen and oxygen atoms in total. The van der Waals surface area contributed by atoms with Gasteiger partial charge in [0.2, 0.25) is 4.96 Å². The Morgan fingerprint density at radius 1 is 1.11 bits per heavy atom. The van der Waals surface area contributed by atoms with Crippen LogP contribution < -0.4 is 15.7 Å². The Hall–Kier alpha value is -2.61. The number of rotatable bonds is 3. The second-order valence-electron chi connectivity index (χ2n) is 5.91. The molecule has 9 heteroatoms. The first-order valence-corrected chi connectivity index (χ1v) is 9.62. The molecule has 0 amide bonds. The molecule has 0 fully saturated rings. The Kier molecular flexibility index (Phi) is 4.97. The molecule has 0 aliphatic heterocycles. The van der Waals surface area contributed by atoms with E-state index in [0.29, 0.717) is 5.02 Å². The molecule has 0 atom stereocenters. The van der Waals surface area contributed by atoms with Gasteiger partial charge in [-0.25, -0.2) is 4.39 Å². The molecular weight excluding hydrogens is 424 g/mol. The summed E-state index contributed by atoms with van der Waals surface area (Å²) < 4.78 is 15.2. The lowest BCUT2D eigenvalue weighted by Crippen LogP contribution is -2.28. The van der Waals surface area contributed by atoms with Crippen molar-refractivity contribution in [2.45, 2.75) is 6.42 Å². The van der Waals surface area contributed by atoms with Gasteiger partial charge in [-0.1, -0.05) is 52.7 Å². The molecule has 0 aliphatic rings. The van der Waals surface area contributed by atoms with E-state index in [1.54, 1.807) is 24.3 Å². The Bertz CT molecular complexity index is 1350. The van der Waals surface area contributed by atoms with Crippen LogP contribution in [0.25, 0.3) is 11.0 Å². The number of fused-ring (bicyclic) bond motifs is 1.